The maximum Gasteiger partial charge on any atom is 0.451 e. The van der Waals surface area contributed by atoms with Crippen molar-refractivity contribution in [2.75, 3.05) is 0 Å². The summed E-state index contributed by atoms with van der Waals surface area (Å²) in [4.78, 5) is 19.7. The normalized spacial score (nSPS) is 12.0. The zero-order valence-corrected chi connectivity index (χ0v) is 12.5. The van der Waals surface area contributed by atoms with Crippen LogP contribution in [0.25, 0.3) is 5.78 Å². The van der Waals surface area contributed by atoms with Crippen LogP contribution in [0.15, 0.2) is 29.1 Å². The lowest BCUT2D eigenvalue weighted by atomic mass is 10.1. The second-order valence-corrected chi connectivity index (χ2v) is 5.36. The quantitative estimate of drug-likeness (QED) is 0.778. The minimum atomic E-state index is -4.68. The molecule has 0 radical (unpaired) electrons. The number of hydrogen-bond donors (Lipinski definition) is 1. The molecule has 23 heavy (non-hydrogen) atoms. The summed E-state index contributed by atoms with van der Waals surface area (Å²) in [6.45, 7) is 1.55. The zero-order chi connectivity index (χ0) is 16.8. The van der Waals surface area contributed by atoms with Crippen molar-refractivity contribution < 1.29 is 13.2 Å². The van der Waals surface area contributed by atoms with E-state index in [9.17, 15) is 18.0 Å². The summed E-state index contributed by atoms with van der Waals surface area (Å²) in [5.74, 6) is -1.58. The van der Waals surface area contributed by atoms with E-state index in [-0.39, 0.29) is 17.8 Å². The van der Waals surface area contributed by atoms with Crippen LogP contribution in [0.5, 0.6) is 0 Å². The van der Waals surface area contributed by atoms with Gasteiger partial charge in [0.2, 0.25) is 5.82 Å². The molecule has 0 saturated carbocycles. The Labute approximate surface area is 132 Å². The van der Waals surface area contributed by atoms with E-state index in [1.54, 1.807) is 31.2 Å². The first-order valence-electron chi connectivity index (χ1n) is 6.56. The monoisotopic (exact) mass is 342 g/mol. The highest BCUT2D eigenvalue weighted by molar-refractivity contribution is 6.31. The lowest BCUT2D eigenvalue weighted by molar-refractivity contribution is -0.144. The van der Waals surface area contributed by atoms with Gasteiger partial charge in [-0.3, -0.25) is 9.89 Å². The third-order valence-electron chi connectivity index (χ3n) is 3.39. The summed E-state index contributed by atoms with van der Waals surface area (Å²) in [6, 6.07) is 6.92. The molecule has 0 fully saturated rings. The van der Waals surface area contributed by atoms with E-state index in [0.29, 0.717) is 20.8 Å². The molecule has 0 saturated heterocycles. The van der Waals surface area contributed by atoms with E-state index in [1.165, 1.54) is 0 Å². The molecule has 120 valence electrons. The van der Waals surface area contributed by atoms with Crippen LogP contribution in [0.4, 0.5) is 13.2 Å². The van der Waals surface area contributed by atoms with Crippen LogP contribution in [0.3, 0.4) is 0 Å². The molecule has 0 unspecified atom stereocenters. The van der Waals surface area contributed by atoms with Gasteiger partial charge in [-0.15, -0.1) is 0 Å². The highest BCUT2D eigenvalue weighted by atomic mass is 35.5. The van der Waals surface area contributed by atoms with Gasteiger partial charge in [-0.25, -0.2) is 4.98 Å². The molecule has 0 atom stereocenters. The van der Waals surface area contributed by atoms with Crippen molar-refractivity contribution >= 4 is 17.4 Å². The van der Waals surface area contributed by atoms with E-state index in [4.69, 9.17) is 11.6 Å². The molecule has 5 nitrogen and oxygen atoms in total. The number of H-pyrrole nitrogens is 1. The number of alkyl halides is 3. The van der Waals surface area contributed by atoms with Gasteiger partial charge >= 0.3 is 6.18 Å². The average Bonchev–Trinajstić information content (AvgIpc) is 2.89. The number of halogens is 4. The SMILES string of the molecule is Cc1nc2nc(C(F)(F)F)[nH]n2c(=O)c1Cc1ccccc1Cl. The molecule has 3 rings (SSSR count). The van der Waals surface area contributed by atoms with Crippen molar-refractivity contribution in [1.29, 1.82) is 0 Å². The van der Waals surface area contributed by atoms with E-state index < -0.39 is 17.6 Å². The zero-order valence-electron chi connectivity index (χ0n) is 11.8. The summed E-state index contributed by atoms with van der Waals surface area (Å²) in [6.07, 6.45) is -4.52. The smallest absolute Gasteiger partial charge is 0.267 e. The van der Waals surface area contributed by atoms with Crippen molar-refractivity contribution in [1.82, 2.24) is 19.6 Å². The summed E-state index contributed by atoms with van der Waals surface area (Å²) >= 11 is 6.06. The minimum absolute atomic E-state index is 0.167. The Morgan fingerprint density at radius 2 is 1.96 bits per heavy atom. The highest BCUT2D eigenvalue weighted by Gasteiger charge is 2.35. The molecule has 0 spiro atoms. The van der Waals surface area contributed by atoms with Gasteiger partial charge < -0.3 is 0 Å². The first-order chi connectivity index (χ1) is 10.8. The molecular weight excluding hydrogens is 333 g/mol. The Hall–Kier alpha value is -2.35. The van der Waals surface area contributed by atoms with Gasteiger partial charge in [0.15, 0.2) is 0 Å². The third kappa shape index (κ3) is 2.81. The Bertz CT molecular complexity index is 945. The van der Waals surface area contributed by atoms with Crippen LogP contribution in [-0.4, -0.2) is 19.6 Å². The van der Waals surface area contributed by atoms with Crippen LogP contribution < -0.4 is 5.56 Å². The van der Waals surface area contributed by atoms with Crippen molar-refractivity contribution in [2.24, 2.45) is 0 Å². The number of rotatable bonds is 2. The van der Waals surface area contributed by atoms with E-state index in [2.05, 4.69) is 9.97 Å². The van der Waals surface area contributed by atoms with Gasteiger partial charge in [0.05, 0.1) is 5.69 Å². The van der Waals surface area contributed by atoms with Gasteiger partial charge in [0.1, 0.15) is 0 Å². The van der Waals surface area contributed by atoms with Crippen LogP contribution in [-0.2, 0) is 12.6 Å². The number of aryl methyl sites for hydroxylation is 1. The molecule has 2 heterocycles. The van der Waals surface area contributed by atoms with E-state index in [0.717, 1.165) is 0 Å². The van der Waals surface area contributed by atoms with Crippen molar-refractivity contribution in [2.45, 2.75) is 19.5 Å². The van der Waals surface area contributed by atoms with Gasteiger partial charge in [-0.1, -0.05) is 29.8 Å². The van der Waals surface area contributed by atoms with Gasteiger partial charge in [0, 0.05) is 17.0 Å². The second-order valence-electron chi connectivity index (χ2n) is 4.95. The maximum atomic E-state index is 12.7. The minimum Gasteiger partial charge on any atom is -0.267 e. The molecular formula is C14H10ClF3N4O. The molecule has 2 aromatic heterocycles. The Kier molecular flexibility index (Phi) is 3.63. The molecule has 0 bridgehead atoms. The van der Waals surface area contributed by atoms with Gasteiger partial charge in [0.25, 0.3) is 11.3 Å². The van der Waals surface area contributed by atoms with Crippen LogP contribution in [0.2, 0.25) is 5.02 Å². The fourth-order valence-corrected chi connectivity index (χ4v) is 2.42. The number of fused-ring (bicyclic) bond motifs is 1. The maximum absolute atomic E-state index is 12.7. The molecule has 9 heteroatoms. The van der Waals surface area contributed by atoms with Gasteiger partial charge in [-0.2, -0.15) is 22.7 Å². The predicted molar refractivity (Wildman–Crippen MR) is 77.6 cm³/mol. The highest BCUT2D eigenvalue weighted by Crippen LogP contribution is 2.26. The number of benzene rings is 1. The third-order valence-corrected chi connectivity index (χ3v) is 3.76. The Morgan fingerprint density at radius 1 is 1.26 bits per heavy atom. The first kappa shape index (κ1) is 15.5. The average molecular weight is 343 g/mol. The Balaban J connectivity index is 2.15. The summed E-state index contributed by atoms with van der Waals surface area (Å²) in [5.41, 5.74) is 0.630. The van der Waals surface area contributed by atoms with Crippen molar-refractivity contribution in [3.05, 3.63) is 62.3 Å². The summed E-state index contributed by atoms with van der Waals surface area (Å²) in [5, 5.41) is 2.41. The molecule has 3 aromatic rings. The molecule has 0 aliphatic heterocycles. The molecule has 0 aliphatic rings. The van der Waals surface area contributed by atoms with E-state index >= 15 is 0 Å². The molecule has 0 amide bonds. The molecule has 0 aliphatic carbocycles. The number of nitrogens with zero attached hydrogens (tertiary/aromatic N) is 3. The summed E-state index contributed by atoms with van der Waals surface area (Å²) in [7, 11) is 0. The molecule has 1 aromatic carbocycles. The van der Waals surface area contributed by atoms with Crippen LogP contribution >= 0.6 is 11.6 Å². The van der Waals surface area contributed by atoms with Crippen LogP contribution in [0, 0.1) is 6.92 Å². The van der Waals surface area contributed by atoms with E-state index in [1.807, 2.05) is 5.10 Å². The molecule has 1 N–H and O–H groups in total. The van der Waals surface area contributed by atoms with Crippen LogP contribution in [0.1, 0.15) is 22.6 Å². The van der Waals surface area contributed by atoms with Crippen molar-refractivity contribution in [3.63, 3.8) is 0 Å². The largest absolute Gasteiger partial charge is 0.451 e. The number of nitrogens with one attached hydrogen (secondary N) is 1. The number of aromatic amines is 1. The predicted octanol–water partition coefficient (Wildman–Crippen LogP) is 2.99. The number of aromatic nitrogens is 4. The first-order valence-corrected chi connectivity index (χ1v) is 6.94. The lowest BCUT2D eigenvalue weighted by Gasteiger charge is -2.06. The lowest BCUT2D eigenvalue weighted by Crippen LogP contribution is -2.22. The topological polar surface area (TPSA) is 63.1 Å². The summed E-state index contributed by atoms with van der Waals surface area (Å²) < 4.78 is 38.8. The fourth-order valence-electron chi connectivity index (χ4n) is 2.22. The number of hydrogen-bond acceptors (Lipinski definition) is 3. The Morgan fingerprint density at radius 3 is 2.61 bits per heavy atom. The second kappa shape index (κ2) is 5.38. The fraction of sp³-hybridized carbons (Fsp3) is 0.214. The van der Waals surface area contributed by atoms with Gasteiger partial charge in [-0.05, 0) is 18.6 Å². The standard InChI is InChI=1S/C14H10ClF3N4O/c1-7-9(6-8-4-2-3-5-10(8)15)11(23)22-13(19-7)20-12(21-22)14(16,17)18/h2-5H,6H2,1H3,(H,19,20,21). The van der Waals surface area contributed by atoms with Crippen molar-refractivity contribution in [3.8, 4) is 0 Å².